The van der Waals surface area contributed by atoms with Crippen molar-refractivity contribution in [2.75, 3.05) is 24.6 Å². The summed E-state index contributed by atoms with van der Waals surface area (Å²) in [6, 6.07) is 0. The SMILES string of the molecule is C=CCN(CC=C)c1ncnc2c1ncn2[C@@H]1O[C@H](CO)[C@@H](O)[C@H]1O. The second-order valence-electron chi connectivity index (χ2n) is 5.73. The number of nitrogens with zero attached hydrogens (tertiary/aromatic N) is 5. The first kappa shape index (κ1) is 17.5. The Balaban J connectivity index is 2.01. The number of aliphatic hydroxyl groups excluding tert-OH is 3. The molecule has 0 spiro atoms. The standard InChI is InChI=1S/C16H21N5O4/c1-3-5-20(6-4-2)14-11-15(18-8-17-14)21(9-19-11)16-13(24)12(23)10(7-22)25-16/h3-4,8-10,12-13,16,22-24H,1-2,5-7H2/t10-,12-,13-,16-/m1/s1. The third-order valence-corrected chi connectivity index (χ3v) is 4.13. The summed E-state index contributed by atoms with van der Waals surface area (Å²) in [5, 5.41) is 29.4. The summed E-state index contributed by atoms with van der Waals surface area (Å²) in [4.78, 5) is 14.8. The van der Waals surface area contributed by atoms with Crippen LogP contribution in [0.1, 0.15) is 6.23 Å². The molecule has 25 heavy (non-hydrogen) atoms. The highest BCUT2D eigenvalue weighted by molar-refractivity contribution is 5.83. The molecule has 9 nitrogen and oxygen atoms in total. The molecule has 3 heterocycles. The zero-order valence-electron chi connectivity index (χ0n) is 13.6. The van der Waals surface area contributed by atoms with Gasteiger partial charge in [-0.05, 0) is 0 Å². The lowest BCUT2D eigenvalue weighted by Gasteiger charge is -2.20. The van der Waals surface area contributed by atoms with Gasteiger partial charge in [0, 0.05) is 13.1 Å². The summed E-state index contributed by atoms with van der Waals surface area (Å²) >= 11 is 0. The number of rotatable bonds is 7. The first-order valence-electron chi connectivity index (χ1n) is 7.89. The van der Waals surface area contributed by atoms with E-state index in [1.165, 1.54) is 17.2 Å². The third-order valence-electron chi connectivity index (χ3n) is 4.13. The fourth-order valence-electron chi connectivity index (χ4n) is 2.93. The number of ether oxygens (including phenoxy) is 1. The van der Waals surface area contributed by atoms with Gasteiger partial charge in [-0.2, -0.15) is 0 Å². The average Bonchev–Trinajstić information content (AvgIpc) is 3.16. The molecule has 0 unspecified atom stereocenters. The monoisotopic (exact) mass is 347 g/mol. The smallest absolute Gasteiger partial charge is 0.167 e. The largest absolute Gasteiger partial charge is 0.394 e. The Kier molecular flexibility index (Phi) is 5.09. The van der Waals surface area contributed by atoms with Crippen LogP contribution in [0.5, 0.6) is 0 Å². The highest BCUT2D eigenvalue weighted by Gasteiger charge is 2.44. The van der Waals surface area contributed by atoms with Crippen molar-refractivity contribution in [2.24, 2.45) is 0 Å². The van der Waals surface area contributed by atoms with Gasteiger partial charge >= 0.3 is 0 Å². The van der Waals surface area contributed by atoms with Crippen molar-refractivity contribution in [3.8, 4) is 0 Å². The van der Waals surface area contributed by atoms with Crippen molar-refractivity contribution < 1.29 is 20.1 Å². The molecule has 2 aromatic heterocycles. The second-order valence-corrected chi connectivity index (χ2v) is 5.73. The van der Waals surface area contributed by atoms with Crippen LogP contribution in [-0.2, 0) is 4.74 Å². The normalized spacial score (nSPS) is 26.0. The Hall–Kier alpha value is -2.33. The molecule has 9 heteroatoms. The molecule has 134 valence electrons. The van der Waals surface area contributed by atoms with Crippen molar-refractivity contribution in [3.63, 3.8) is 0 Å². The third kappa shape index (κ3) is 3.02. The first-order chi connectivity index (χ1) is 12.1. The van der Waals surface area contributed by atoms with Gasteiger partial charge in [0.1, 0.15) is 24.6 Å². The predicted octanol–water partition coefficient (Wildman–Crippen LogP) is -0.384. The highest BCUT2D eigenvalue weighted by Crippen LogP contribution is 2.32. The van der Waals surface area contributed by atoms with Gasteiger partial charge in [0.25, 0.3) is 0 Å². The summed E-state index contributed by atoms with van der Waals surface area (Å²) in [5.74, 6) is 0.607. The summed E-state index contributed by atoms with van der Waals surface area (Å²) in [7, 11) is 0. The predicted molar refractivity (Wildman–Crippen MR) is 90.9 cm³/mol. The molecule has 1 fully saturated rings. The molecular formula is C16H21N5O4. The lowest BCUT2D eigenvalue weighted by atomic mass is 10.1. The maximum absolute atomic E-state index is 10.2. The van der Waals surface area contributed by atoms with Crippen LogP contribution in [0.15, 0.2) is 38.0 Å². The molecule has 0 amide bonds. The van der Waals surface area contributed by atoms with Gasteiger partial charge in [0.2, 0.25) is 0 Å². The zero-order valence-corrected chi connectivity index (χ0v) is 13.6. The molecule has 3 N–H and O–H groups in total. The van der Waals surface area contributed by atoms with E-state index >= 15 is 0 Å². The molecule has 0 saturated carbocycles. The maximum atomic E-state index is 10.2. The summed E-state index contributed by atoms with van der Waals surface area (Å²) in [6.07, 6.45) is 2.22. The average molecular weight is 347 g/mol. The van der Waals surface area contributed by atoms with E-state index in [2.05, 4.69) is 28.1 Å². The summed E-state index contributed by atoms with van der Waals surface area (Å²) in [6.45, 7) is 8.20. The van der Waals surface area contributed by atoms with Crippen molar-refractivity contribution in [2.45, 2.75) is 24.5 Å². The minimum absolute atomic E-state index is 0.395. The van der Waals surface area contributed by atoms with Gasteiger partial charge in [-0.25, -0.2) is 15.0 Å². The molecule has 0 aromatic carbocycles. The number of anilines is 1. The minimum Gasteiger partial charge on any atom is -0.394 e. The van der Waals surface area contributed by atoms with E-state index in [4.69, 9.17) is 4.74 Å². The van der Waals surface area contributed by atoms with E-state index in [1.54, 1.807) is 12.2 Å². The number of imidazole rings is 1. The van der Waals surface area contributed by atoms with E-state index in [0.29, 0.717) is 30.1 Å². The first-order valence-corrected chi connectivity index (χ1v) is 7.89. The number of aliphatic hydroxyl groups is 3. The molecule has 0 bridgehead atoms. The minimum atomic E-state index is -1.20. The quantitative estimate of drug-likeness (QED) is 0.580. The number of fused-ring (bicyclic) bond motifs is 1. The molecule has 1 aliphatic heterocycles. The van der Waals surface area contributed by atoms with Gasteiger partial charge < -0.3 is 25.0 Å². The van der Waals surface area contributed by atoms with E-state index in [1.807, 2.05) is 4.90 Å². The lowest BCUT2D eigenvalue weighted by Crippen LogP contribution is -2.33. The van der Waals surface area contributed by atoms with Gasteiger partial charge in [-0.3, -0.25) is 4.57 Å². The van der Waals surface area contributed by atoms with E-state index in [0.717, 1.165) is 0 Å². The molecule has 1 saturated heterocycles. The van der Waals surface area contributed by atoms with Crippen LogP contribution >= 0.6 is 0 Å². The number of hydrogen-bond acceptors (Lipinski definition) is 8. The van der Waals surface area contributed by atoms with Crippen molar-refractivity contribution in [1.29, 1.82) is 0 Å². The lowest BCUT2D eigenvalue weighted by molar-refractivity contribution is -0.0511. The molecule has 0 aliphatic carbocycles. The Labute approximate surface area is 144 Å². The number of hydrogen-bond donors (Lipinski definition) is 3. The molecule has 4 atom stereocenters. The van der Waals surface area contributed by atoms with Gasteiger partial charge in [-0.1, -0.05) is 12.2 Å². The fraction of sp³-hybridized carbons (Fsp3) is 0.438. The van der Waals surface area contributed by atoms with Gasteiger partial charge in [0.05, 0.1) is 12.9 Å². The second kappa shape index (κ2) is 7.28. The summed E-state index contributed by atoms with van der Waals surface area (Å²) < 4.78 is 7.08. The molecule has 0 radical (unpaired) electrons. The molecule has 1 aliphatic rings. The van der Waals surface area contributed by atoms with Crippen LogP contribution in [0.25, 0.3) is 11.2 Å². The van der Waals surface area contributed by atoms with Crippen molar-refractivity contribution in [3.05, 3.63) is 38.0 Å². The van der Waals surface area contributed by atoms with Crippen molar-refractivity contribution >= 4 is 17.0 Å². The molecule has 2 aromatic rings. The topological polar surface area (TPSA) is 117 Å². The van der Waals surface area contributed by atoms with E-state index in [9.17, 15) is 15.3 Å². The summed E-state index contributed by atoms with van der Waals surface area (Å²) in [5.41, 5.74) is 0.988. The van der Waals surface area contributed by atoms with Crippen LogP contribution in [0.4, 0.5) is 5.82 Å². The van der Waals surface area contributed by atoms with E-state index < -0.39 is 31.1 Å². The van der Waals surface area contributed by atoms with Gasteiger partial charge in [-0.15, -0.1) is 13.2 Å². The Morgan fingerprint density at radius 1 is 1.16 bits per heavy atom. The van der Waals surface area contributed by atoms with Crippen LogP contribution in [0.2, 0.25) is 0 Å². The van der Waals surface area contributed by atoms with Crippen LogP contribution in [-0.4, -0.2) is 72.8 Å². The van der Waals surface area contributed by atoms with Crippen LogP contribution in [0.3, 0.4) is 0 Å². The zero-order chi connectivity index (χ0) is 18.0. The fourth-order valence-corrected chi connectivity index (χ4v) is 2.93. The Bertz CT molecular complexity index is 754. The Morgan fingerprint density at radius 2 is 1.88 bits per heavy atom. The molecule has 3 rings (SSSR count). The van der Waals surface area contributed by atoms with Crippen LogP contribution < -0.4 is 4.90 Å². The number of aromatic nitrogens is 4. The van der Waals surface area contributed by atoms with E-state index in [-0.39, 0.29) is 0 Å². The van der Waals surface area contributed by atoms with Crippen molar-refractivity contribution in [1.82, 2.24) is 19.5 Å². The van der Waals surface area contributed by atoms with Gasteiger partial charge in [0.15, 0.2) is 23.2 Å². The maximum Gasteiger partial charge on any atom is 0.167 e. The highest BCUT2D eigenvalue weighted by atomic mass is 16.6. The molecular weight excluding hydrogens is 326 g/mol. The van der Waals surface area contributed by atoms with Crippen LogP contribution in [0, 0.1) is 0 Å². The Morgan fingerprint density at radius 3 is 2.48 bits per heavy atom.